The highest BCUT2D eigenvalue weighted by Gasteiger charge is 2.39. The van der Waals surface area contributed by atoms with E-state index in [1.807, 2.05) is 42.5 Å². The van der Waals surface area contributed by atoms with Crippen molar-refractivity contribution in [2.45, 2.75) is 24.1 Å². The fraction of sp³-hybridized carbons (Fsp3) is 0.273. The Hall–Kier alpha value is -2.85. The van der Waals surface area contributed by atoms with Gasteiger partial charge in [-0.05, 0) is 35.4 Å². The number of methoxy groups -OCH3 is 2. The molecule has 1 N–H and O–H groups in total. The monoisotopic (exact) mass is 517 g/mol. The van der Waals surface area contributed by atoms with Crippen molar-refractivity contribution in [3.05, 3.63) is 58.1 Å². The highest BCUT2D eigenvalue weighted by molar-refractivity contribution is 9.10. The van der Waals surface area contributed by atoms with E-state index in [2.05, 4.69) is 20.9 Å². The molecule has 1 amide bonds. The van der Waals surface area contributed by atoms with E-state index in [4.69, 9.17) is 19.7 Å². The van der Waals surface area contributed by atoms with Crippen molar-refractivity contribution in [2.24, 2.45) is 10.1 Å². The molecule has 2 aromatic rings. The number of carboxylic acids is 1. The van der Waals surface area contributed by atoms with Crippen molar-refractivity contribution in [1.82, 2.24) is 5.01 Å². The van der Waals surface area contributed by atoms with E-state index >= 15 is 0 Å². The number of rotatable bonds is 6. The van der Waals surface area contributed by atoms with E-state index in [1.165, 1.54) is 0 Å². The summed E-state index contributed by atoms with van der Waals surface area (Å²) in [5, 5.41) is 15.3. The van der Waals surface area contributed by atoms with Crippen LogP contribution in [0.15, 0.2) is 57.0 Å². The Bertz CT molecular complexity index is 1140. The lowest BCUT2D eigenvalue weighted by atomic mass is 9.98. The Morgan fingerprint density at radius 3 is 2.69 bits per heavy atom. The molecule has 2 heterocycles. The van der Waals surface area contributed by atoms with Gasteiger partial charge in [0.2, 0.25) is 0 Å². The second-order valence-corrected chi connectivity index (χ2v) is 9.26. The second kappa shape index (κ2) is 9.33. The molecule has 2 atom stereocenters. The van der Waals surface area contributed by atoms with Crippen molar-refractivity contribution < 1.29 is 24.2 Å². The first-order valence-electron chi connectivity index (χ1n) is 9.75. The predicted molar refractivity (Wildman–Crippen MR) is 125 cm³/mol. The van der Waals surface area contributed by atoms with Crippen LogP contribution in [-0.4, -0.2) is 52.3 Å². The van der Waals surface area contributed by atoms with Crippen LogP contribution in [0, 0.1) is 0 Å². The molecule has 0 aliphatic carbocycles. The van der Waals surface area contributed by atoms with Crippen molar-refractivity contribution >= 4 is 50.4 Å². The zero-order chi connectivity index (χ0) is 22.8. The molecule has 0 spiro atoms. The number of hydrazone groups is 1. The van der Waals surface area contributed by atoms with E-state index in [9.17, 15) is 9.59 Å². The van der Waals surface area contributed by atoms with E-state index in [0.717, 1.165) is 33.1 Å². The fourth-order valence-corrected chi connectivity index (χ4v) is 5.06. The second-order valence-electron chi connectivity index (χ2n) is 7.17. The number of ether oxygens (including phenoxy) is 2. The van der Waals surface area contributed by atoms with Gasteiger partial charge in [-0.2, -0.15) is 10.1 Å². The van der Waals surface area contributed by atoms with E-state index in [0.29, 0.717) is 23.1 Å². The Morgan fingerprint density at radius 2 is 2.00 bits per heavy atom. The molecule has 2 aliphatic rings. The quantitative estimate of drug-likeness (QED) is 0.615. The molecule has 8 nitrogen and oxygen atoms in total. The number of aliphatic imine (C=N–C) groups is 1. The van der Waals surface area contributed by atoms with Crippen LogP contribution in [0.2, 0.25) is 0 Å². The van der Waals surface area contributed by atoms with Crippen LogP contribution in [-0.2, 0) is 9.59 Å². The summed E-state index contributed by atoms with van der Waals surface area (Å²) >= 11 is 4.63. The number of amidine groups is 1. The number of carboxylic acid groups (broad SMARTS) is 1. The van der Waals surface area contributed by atoms with Gasteiger partial charge in [0.1, 0.15) is 5.25 Å². The van der Waals surface area contributed by atoms with Crippen LogP contribution in [0.4, 0.5) is 0 Å². The van der Waals surface area contributed by atoms with Gasteiger partial charge in [-0.15, -0.1) is 0 Å². The number of thioether (sulfide) groups is 1. The van der Waals surface area contributed by atoms with Crippen LogP contribution in [0.25, 0.3) is 0 Å². The highest BCUT2D eigenvalue weighted by Crippen LogP contribution is 2.41. The normalized spacial score (nSPS) is 20.2. The molecule has 0 saturated carbocycles. The van der Waals surface area contributed by atoms with Gasteiger partial charge < -0.3 is 14.6 Å². The first-order valence-corrected chi connectivity index (χ1v) is 11.4. The maximum Gasteiger partial charge on any atom is 0.305 e. The third-order valence-electron chi connectivity index (χ3n) is 5.15. The van der Waals surface area contributed by atoms with Crippen LogP contribution in [0.5, 0.6) is 11.5 Å². The molecule has 32 heavy (non-hydrogen) atoms. The highest BCUT2D eigenvalue weighted by atomic mass is 79.9. The summed E-state index contributed by atoms with van der Waals surface area (Å²) in [6.07, 6.45) is 0.289. The number of hydrogen-bond donors (Lipinski definition) is 1. The van der Waals surface area contributed by atoms with Gasteiger partial charge in [0.25, 0.3) is 5.91 Å². The number of hydrogen-bond acceptors (Lipinski definition) is 7. The molecule has 2 aliphatic heterocycles. The molecule has 0 fully saturated rings. The number of carbonyl (C=O) groups excluding carboxylic acids is 1. The minimum atomic E-state index is -1.04. The lowest BCUT2D eigenvalue weighted by molar-refractivity contribution is -0.138. The number of amides is 1. The first kappa shape index (κ1) is 22.3. The van der Waals surface area contributed by atoms with Gasteiger partial charge >= 0.3 is 5.97 Å². The largest absolute Gasteiger partial charge is 0.493 e. The number of carbonyl (C=O) groups is 2. The lowest BCUT2D eigenvalue weighted by Crippen LogP contribution is -2.24. The number of benzene rings is 2. The van der Waals surface area contributed by atoms with Crippen molar-refractivity contribution in [3.63, 3.8) is 0 Å². The van der Waals surface area contributed by atoms with E-state index < -0.39 is 17.1 Å². The minimum absolute atomic E-state index is 0.244. The van der Waals surface area contributed by atoms with Crippen LogP contribution < -0.4 is 9.47 Å². The average Bonchev–Trinajstić information content (AvgIpc) is 3.37. The summed E-state index contributed by atoms with van der Waals surface area (Å²) in [4.78, 5) is 27.6. The Balaban J connectivity index is 1.71. The van der Waals surface area contributed by atoms with Crippen molar-refractivity contribution in [1.29, 1.82) is 0 Å². The molecular formula is C22H20BrN3O5S. The van der Waals surface area contributed by atoms with Crippen molar-refractivity contribution in [2.75, 3.05) is 14.2 Å². The number of aliphatic carboxylic acids is 1. The maximum atomic E-state index is 12.3. The molecule has 166 valence electrons. The van der Waals surface area contributed by atoms with Gasteiger partial charge in [-0.1, -0.05) is 45.9 Å². The maximum absolute atomic E-state index is 12.3. The Kier molecular flexibility index (Phi) is 6.52. The van der Waals surface area contributed by atoms with Crippen LogP contribution in [0.3, 0.4) is 0 Å². The van der Waals surface area contributed by atoms with Gasteiger partial charge in [-0.3, -0.25) is 9.59 Å². The van der Waals surface area contributed by atoms with Gasteiger partial charge in [0.05, 0.1) is 32.4 Å². The molecule has 4 rings (SSSR count). The zero-order valence-corrected chi connectivity index (χ0v) is 19.7. The Morgan fingerprint density at radius 1 is 1.22 bits per heavy atom. The smallest absolute Gasteiger partial charge is 0.305 e. The van der Waals surface area contributed by atoms with Gasteiger partial charge in [-0.25, -0.2) is 5.01 Å². The molecular weight excluding hydrogens is 498 g/mol. The fourth-order valence-electron chi connectivity index (χ4n) is 3.61. The minimum Gasteiger partial charge on any atom is -0.493 e. The summed E-state index contributed by atoms with van der Waals surface area (Å²) in [5.41, 5.74) is 2.70. The molecule has 0 bridgehead atoms. The first-order chi connectivity index (χ1) is 15.4. The SMILES string of the molecule is COc1ccc(C2CC(c3cccc(Br)c3)=NN2C2=NC(=O)C(CC(=O)O)S2)cc1OC. The molecule has 0 saturated heterocycles. The lowest BCUT2D eigenvalue weighted by Gasteiger charge is -2.23. The molecule has 0 radical (unpaired) electrons. The third kappa shape index (κ3) is 4.51. The summed E-state index contributed by atoms with van der Waals surface area (Å²) in [5.74, 6) is -0.298. The molecule has 2 unspecified atom stereocenters. The van der Waals surface area contributed by atoms with Crippen molar-refractivity contribution in [3.8, 4) is 11.5 Å². The zero-order valence-electron chi connectivity index (χ0n) is 17.3. The molecule has 0 aromatic heterocycles. The predicted octanol–water partition coefficient (Wildman–Crippen LogP) is 4.09. The molecule has 10 heteroatoms. The standard InChI is InChI=1S/C22H20BrN3O5S/c1-30-17-7-6-13(9-18(17)31-2)16-10-15(12-4-3-5-14(23)8-12)25-26(16)22-24-21(29)19(32-22)11-20(27)28/h3-9,16,19H,10-11H2,1-2H3,(H,27,28). The van der Waals surface area contributed by atoms with Crippen LogP contribution in [0.1, 0.15) is 30.0 Å². The topological polar surface area (TPSA) is 101 Å². The molecule has 2 aromatic carbocycles. The summed E-state index contributed by atoms with van der Waals surface area (Å²) in [7, 11) is 3.15. The third-order valence-corrected chi connectivity index (χ3v) is 6.78. The van der Waals surface area contributed by atoms with Crippen LogP contribution >= 0.6 is 27.7 Å². The van der Waals surface area contributed by atoms with E-state index in [-0.39, 0.29) is 12.5 Å². The van der Waals surface area contributed by atoms with Gasteiger partial charge in [0.15, 0.2) is 16.7 Å². The summed E-state index contributed by atoms with van der Waals surface area (Å²) in [6.45, 7) is 0. The van der Waals surface area contributed by atoms with E-state index in [1.54, 1.807) is 19.2 Å². The summed E-state index contributed by atoms with van der Waals surface area (Å²) < 4.78 is 11.7. The Labute approximate surface area is 197 Å². The number of nitrogens with zero attached hydrogens (tertiary/aromatic N) is 3. The van der Waals surface area contributed by atoms with Gasteiger partial charge in [0, 0.05) is 10.9 Å². The summed E-state index contributed by atoms with van der Waals surface area (Å²) in [6, 6.07) is 13.2. The average molecular weight is 518 g/mol. The number of halogens is 1.